The Balaban J connectivity index is 2.01. The van der Waals surface area contributed by atoms with Crippen LogP contribution in [-0.2, 0) is 14.8 Å². The summed E-state index contributed by atoms with van der Waals surface area (Å²) in [5.74, 6) is -0.00727. The van der Waals surface area contributed by atoms with E-state index in [1.165, 1.54) is 29.8 Å². The largest absolute Gasteiger partial charge is 0.495 e. The Kier molecular flexibility index (Phi) is 7.86. The molecule has 6 nitrogen and oxygen atoms in total. The molecular weight excluding hydrogens is 364 g/mol. The first-order chi connectivity index (χ1) is 12.9. The second-order valence-electron chi connectivity index (χ2n) is 6.79. The molecule has 0 radical (unpaired) electrons. The van der Waals surface area contributed by atoms with Crippen LogP contribution in [0.1, 0.15) is 44.6 Å². The lowest BCUT2D eigenvalue weighted by molar-refractivity contribution is -0.121. The van der Waals surface area contributed by atoms with Gasteiger partial charge in [-0.05, 0) is 56.7 Å². The number of hydrogen-bond acceptors (Lipinski definition) is 4. The van der Waals surface area contributed by atoms with Gasteiger partial charge in [-0.1, -0.05) is 24.6 Å². The summed E-state index contributed by atoms with van der Waals surface area (Å²) in [6, 6.07) is 5.00. The van der Waals surface area contributed by atoms with Gasteiger partial charge in [0.25, 0.3) is 0 Å². The van der Waals surface area contributed by atoms with Crippen LogP contribution in [0.2, 0.25) is 0 Å². The van der Waals surface area contributed by atoms with Gasteiger partial charge in [-0.25, -0.2) is 8.42 Å². The number of sulfonamides is 1. The highest BCUT2D eigenvalue weighted by Crippen LogP contribution is 2.27. The van der Waals surface area contributed by atoms with Crippen molar-refractivity contribution < 1.29 is 17.9 Å². The summed E-state index contributed by atoms with van der Waals surface area (Å²) < 4.78 is 32.4. The molecule has 0 saturated carbocycles. The molecular formula is C20H30N2O4S. The second-order valence-corrected chi connectivity index (χ2v) is 8.70. The van der Waals surface area contributed by atoms with Crippen LogP contribution in [0.4, 0.5) is 0 Å². The molecule has 0 unspecified atom stereocenters. The molecule has 27 heavy (non-hydrogen) atoms. The van der Waals surface area contributed by atoms with Crippen molar-refractivity contribution in [3.05, 3.63) is 35.4 Å². The Bertz CT molecular complexity index is 787. The lowest BCUT2D eigenvalue weighted by atomic mass is 9.97. The van der Waals surface area contributed by atoms with Gasteiger partial charge in [-0.15, -0.1) is 0 Å². The van der Waals surface area contributed by atoms with Gasteiger partial charge in [0, 0.05) is 13.1 Å². The van der Waals surface area contributed by atoms with Gasteiger partial charge in [0.2, 0.25) is 15.9 Å². The highest BCUT2D eigenvalue weighted by Gasteiger charge is 2.28. The summed E-state index contributed by atoms with van der Waals surface area (Å²) in [5, 5.41) is 2.84. The van der Waals surface area contributed by atoms with Gasteiger partial charge in [-0.3, -0.25) is 4.79 Å². The molecule has 1 aliphatic carbocycles. The number of benzene rings is 1. The zero-order valence-corrected chi connectivity index (χ0v) is 17.3. The van der Waals surface area contributed by atoms with Crippen molar-refractivity contribution in [3.63, 3.8) is 0 Å². The number of methoxy groups -OCH3 is 1. The number of ether oxygens (including phenoxy) is 1. The van der Waals surface area contributed by atoms with Crippen LogP contribution in [-0.4, -0.2) is 45.4 Å². The van der Waals surface area contributed by atoms with Gasteiger partial charge in [0.1, 0.15) is 10.6 Å². The number of allylic oxidation sites excluding steroid dienone is 1. The molecule has 1 aliphatic rings. The van der Waals surface area contributed by atoms with Crippen molar-refractivity contribution in [2.45, 2.75) is 50.8 Å². The fraction of sp³-hybridized carbons (Fsp3) is 0.550. The van der Waals surface area contributed by atoms with Gasteiger partial charge >= 0.3 is 0 Å². The first-order valence-electron chi connectivity index (χ1n) is 9.48. The topological polar surface area (TPSA) is 75.7 Å². The quantitative estimate of drug-likeness (QED) is 0.653. The van der Waals surface area contributed by atoms with Crippen LogP contribution in [0.15, 0.2) is 34.7 Å². The van der Waals surface area contributed by atoms with Gasteiger partial charge in [-0.2, -0.15) is 4.31 Å². The van der Waals surface area contributed by atoms with Crippen LogP contribution in [0.3, 0.4) is 0 Å². The van der Waals surface area contributed by atoms with Crippen molar-refractivity contribution in [2.75, 3.05) is 26.7 Å². The number of carbonyl (C=O) groups is 1. The first-order valence-corrected chi connectivity index (χ1v) is 10.9. The third-order valence-electron chi connectivity index (χ3n) is 4.76. The third-order valence-corrected chi connectivity index (χ3v) is 6.70. The Morgan fingerprint density at radius 3 is 2.70 bits per heavy atom. The predicted molar refractivity (Wildman–Crippen MR) is 106 cm³/mol. The van der Waals surface area contributed by atoms with E-state index in [2.05, 4.69) is 11.4 Å². The maximum Gasteiger partial charge on any atom is 0.247 e. The number of nitrogens with one attached hydrogen (secondary N) is 1. The van der Waals surface area contributed by atoms with Gasteiger partial charge in [0.05, 0.1) is 13.7 Å². The summed E-state index contributed by atoms with van der Waals surface area (Å²) in [6.45, 7) is 4.09. The summed E-state index contributed by atoms with van der Waals surface area (Å²) in [5.41, 5.74) is 2.20. The van der Waals surface area contributed by atoms with Crippen molar-refractivity contribution >= 4 is 15.9 Å². The fourth-order valence-corrected chi connectivity index (χ4v) is 4.85. The number of rotatable bonds is 9. The minimum absolute atomic E-state index is 0.0898. The average molecular weight is 395 g/mol. The third kappa shape index (κ3) is 5.81. The number of amides is 1. The Morgan fingerprint density at radius 1 is 1.30 bits per heavy atom. The molecule has 0 spiro atoms. The molecule has 150 valence electrons. The monoisotopic (exact) mass is 394 g/mol. The lowest BCUT2D eigenvalue weighted by Gasteiger charge is -2.21. The van der Waals surface area contributed by atoms with Gasteiger partial charge < -0.3 is 10.1 Å². The van der Waals surface area contributed by atoms with E-state index in [0.29, 0.717) is 6.54 Å². The highest BCUT2D eigenvalue weighted by molar-refractivity contribution is 7.89. The van der Waals surface area contributed by atoms with E-state index in [1.54, 1.807) is 25.1 Å². The molecule has 0 aliphatic heterocycles. The molecule has 1 amide bonds. The Hall–Kier alpha value is -1.86. The molecule has 0 saturated heterocycles. The van der Waals surface area contributed by atoms with E-state index in [0.717, 1.165) is 24.8 Å². The van der Waals surface area contributed by atoms with Crippen LogP contribution in [0, 0.1) is 6.92 Å². The van der Waals surface area contributed by atoms with Crippen LogP contribution in [0.5, 0.6) is 5.75 Å². The SMILES string of the molecule is CCN(CC(=O)NCCC1=CCCCC1)S(=O)(=O)c1cc(C)ccc1OC. The van der Waals surface area contributed by atoms with E-state index >= 15 is 0 Å². The maximum atomic E-state index is 13.0. The summed E-state index contributed by atoms with van der Waals surface area (Å²) >= 11 is 0. The Morgan fingerprint density at radius 2 is 2.07 bits per heavy atom. The maximum absolute atomic E-state index is 13.0. The molecule has 2 rings (SSSR count). The number of nitrogens with zero attached hydrogens (tertiary/aromatic N) is 1. The Labute approximate surface area is 162 Å². The molecule has 0 fully saturated rings. The van der Waals surface area contributed by atoms with Crippen molar-refractivity contribution in [3.8, 4) is 5.75 Å². The molecule has 0 atom stereocenters. The normalized spacial score (nSPS) is 14.7. The number of aryl methyl sites for hydroxylation is 1. The molecule has 1 N–H and O–H groups in total. The summed E-state index contributed by atoms with van der Waals surface area (Å²) in [6.07, 6.45) is 7.74. The van der Waals surface area contributed by atoms with Crippen LogP contribution in [0.25, 0.3) is 0 Å². The molecule has 0 heterocycles. The van der Waals surface area contributed by atoms with E-state index in [9.17, 15) is 13.2 Å². The van der Waals surface area contributed by atoms with E-state index < -0.39 is 10.0 Å². The molecule has 0 aromatic heterocycles. The van der Waals surface area contributed by atoms with Crippen molar-refractivity contribution in [1.82, 2.24) is 9.62 Å². The number of carbonyl (C=O) groups excluding carboxylic acids is 1. The smallest absolute Gasteiger partial charge is 0.247 e. The van der Waals surface area contributed by atoms with Crippen LogP contribution >= 0.6 is 0 Å². The highest BCUT2D eigenvalue weighted by atomic mass is 32.2. The number of likely N-dealkylation sites (N-methyl/N-ethyl adjacent to an activating group) is 1. The fourth-order valence-electron chi connectivity index (χ4n) is 3.20. The van der Waals surface area contributed by atoms with Crippen molar-refractivity contribution in [1.29, 1.82) is 0 Å². The first kappa shape index (κ1) is 21.4. The minimum atomic E-state index is -3.82. The van der Waals surface area contributed by atoms with Crippen LogP contribution < -0.4 is 10.1 Å². The van der Waals surface area contributed by atoms with E-state index in [-0.39, 0.29) is 29.6 Å². The average Bonchev–Trinajstić information content (AvgIpc) is 2.66. The van der Waals surface area contributed by atoms with E-state index in [1.807, 2.05) is 6.92 Å². The standard InChI is InChI=1S/C20H30N2O4S/c1-4-22(15-20(23)21-13-12-17-8-6-5-7-9-17)27(24,25)19-14-16(2)10-11-18(19)26-3/h8,10-11,14H,4-7,9,12-13,15H2,1-3H3,(H,21,23). The molecule has 0 bridgehead atoms. The minimum Gasteiger partial charge on any atom is -0.495 e. The van der Waals surface area contributed by atoms with E-state index in [4.69, 9.17) is 4.74 Å². The second kappa shape index (κ2) is 9.90. The summed E-state index contributed by atoms with van der Waals surface area (Å²) in [4.78, 5) is 12.4. The molecule has 7 heteroatoms. The lowest BCUT2D eigenvalue weighted by Crippen LogP contribution is -2.41. The zero-order valence-electron chi connectivity index (χ0n) is 16.5. The summed E-state index contributed by atoms with van der Waals surface area (Å²) in [7, 11) is -2.38. The van der Waals surface area contributed by atoms with Crippen molar-refractivity contribution in [2.24, 2.45) is 0 Å². The molecule has 1 aromatic rings. The number of hydrogen-bond donors (Lipinski definition) is 1. The zero-order chi connectivity index (χ0) is 19.9. The molecule has 1 aromatic carbocycles. The predicted octanol–water partition coefficient (Wildman–Crippen LogP) is 3.02. The van der Waals surface area contributed by atoms with Gasteiger partial charge in [0.15, 0.2) is 0 Å².